The molecule has 1 nitrogen and oxygen atoms in total. The normalized spacial score (nSPS) is 17.2. The van der Waals surface area contributed by atoms with Crippen molar-refractivity contribution >= 4 is 5.57 Å². The van der Waals surface area contributed by atoms with Gasteiger partial charge in [0.25, 0.3) is 0 Å². The molecular weight excluding hydrogens is 172 g/mol. The van der Waals surface area contributed by atoms with E-state index in [-0.39, 0.29) is 0 Å². The lowest BCUT2D eigenvalue weighted by molar-refractivity contribution is 0.336. The first-order chi connectivity index (χ1) is 6.92. The van der Waals surface area contributed by atoms with Crippen LogP contribution >= 0.6 is 0 Å². The number of benzene rings is 1. The fourth-order valence-corrected chi connectivity index (χ4v) is 1.54. The monoisotopic (exact) mass is 184 g/mol. The molecule has 0 saturated heterocycles. The number of rotatable bonds is 2. The maximum absolute atomic E-state index is 5.02. The van der Waals surface area contributed by atoms with Crippen molar-refractivity contribution in [1.82, 2.24) is 0 Å². The Hall–Kier alpha value is -1.76. The molecule has 0 bridgehead atoms. The summed E-state index contributed by atoms with van der Waals surface area (Å²) in [6.45, 7) is 0. The minimum Gasteiger partial charge on any atom is -0.504 e. The third kappa shape index (κ3) is 1.62. The summed E-state index contributed by atoms with van der Waals surface area (Å²) in [4.78, 5) is 0. The summed E-state index contributed by atoms with van der Waals surface area (Å²) < 4.78 is 5.02. The topological polar surface area (TPSA) is 9.23 Å². The molecule has 0 aromatic heterocycles. The van der Waals surface area contributed by atoms with Crippen LogP contribution in [0, 0.1) is 0 Å². The fourth-order valence-electron chi connectivity index (χ4n) is 1.54. The van der Waals surface area contributed by atoms with Crippen LogP contribution in [0.3, 0.4) is 0 Å². The van der Waals surface area contributed by atoms with Gasteiger partial charge in [0.2, 0.25) is 0 Å². The van der Waals surface area contributed by atoms with Gasteiger partial charge in [-0.05, 0) is 11.1 Å². The summed E-state index contributed by atoms with van der Waals surface area (Å²) in [6, 6.07) is 10.3. The Balaban J connectivity index is 2.34. The van der Waals surface area contributed by atoms with Crippen LogP contribution in [0.4, 0.5) is 0 Å². The quantitative estimate of drug-likeness (QED) is 0.641. The molecule has 0 unspecified atom stereocenters. The molecule has 1 aromatic carbocycles. The zero-order valence-electron chi connectivity index (χ0n) is 8.10. The average molecular weight is 184 g/mol. The number of hydrogen-bond donors (Lipinski definition) is 0. The summed E-state index contributed by atoms with van der Waals surface area (Å²) in [7, 11) is 1.67. The van der Waals surface area contributed by atoms with Gasteiger partial charge in [-0.3, -0.25) is 0 Å². The average Bonchev–Trinajstić information content (AvgIpc) is 2.68. The van der Waals surface area contributed by atoms with Crippen LogP contribution in [0.15, 0.2) is 60.4 Å². The highest BCUT2D eigenvalue weighted by atomic mass is 16.5. The summed E-state index contributed by atoms with van der Waals surface area (Å²) >= 11 is 0. The second-order valence-electron chi connectivity index (χ2n) is 3.11. The van der Waals surface area contributed by atoms with E-state index < -0.39 is 0 Å². The van der Waals surface area contributed by atoms with Crippen LogP contribution in [0.1, 0.15) is 5.56 Å². The summed E-state index contributed by atoms with van der Waals surface area (Å²) in [5.74, 6) is 0. The predicted molar refractivity (Wildman–Crippen MR) is 58.7 cm³/mol. The zero-order chi connectivity index (χ0) is 9.80. The molecule has 0 atom stereocenters. The van der Waals surface area contributed by atoms with Gasteiger partial charge in [-0.2, -0.15) is 0 Å². The molecule has 0 spiro atoms. The number of allylic oxidation sites excluding steroid dienone is 5. The SMILES string of the molecule is COC=C1C=CC=C1c1ccccc1. The largest absolute Gasteiger partial charge is 0.504 e. The number of ether oxygens (including phenoxy) is 1. The lowest BCUT2D eigenvalue weighted by Crippen LogP contribution is -1.84. The summed E-state index contributed by atoms with van der Waals surface area (Å²) in [6.07, 6.45) is 7.95. The minimum atomic E-state index is 1.12. The van der Waals surface area contributed by atoms with E-state index in [9.17, 15) is 0 Å². The maximum Gasteiger partial charge on any atom is 0.0903 e. The van der Waals surface area contributed by atoms with E-state index in [2.05, 4.69) is 18.2 Å². The Bertz CT molecular complexity index is 397. The van der Waals surface area contributed by atoms with Gasteiger partial charge in [-0.15, -0.1) is 0 Å². The van der Waals surface area contributed by atoms with Gasteiger partial charge >= 0.3 is 0 Å². The van der Waals surface area contributed by atoms with Gasteiger partial charge in [0.05, 0.1) is 13.4 Å². The van der Waals surface area contributed by atoms with Crippen molar-refractivity contribution in [3.8, 4) is 0 Å². The molecule has 1 aliphatic rings. The van der Waals surface area contributed by atoms with Gasteiger partial charge in [-0.1, -0.05) is 48.6 Å². The lowest BCUT2D eigenvalue weighted by atomic mass is 10.0. The molecule has 0 radical (unpaired) electrons. The first-order valence-corrected chi connectivity index (χ1v) is 4.59. The Morgan fingerprint density at radius 1 is 1.14 bits per heavy atom. The van der Waals surface area contributed by atoms with Crippen LogP contribution in [0.25, 0.3) is 5.57 Å². The Kier molecular flexibility index (Phi) is 2.50. The minimum absolute atomic E-state index is 1.12. The van der Waals surface area contributed by atoms with Crippen molar-refractivity contribution in [1.29, 1.82) is 0 Å². The smallest absolute Gasteiger partial charge is 0.0903 e. The molecule has 0 fully saturated rings. The highest BCUT2D eigenvalue weighted by molar-refractivity contribution is 5.85. The third-order valence-electron chi connectivity index (χ3n) is 2.18. The van der Waals surface area contributed by atoms with E-state index in [4.69, 9.17) is 4.74 Å². The van der Waals surface area contributed by atoms with Gasteiger partial charge in [0, 0.05) is 5.57 Å². The zero-order valence-corrected chi connectivity index (χ0v) is 8.10. The van der Waals surface area contributed by atoms with Gasteiger partial charge in [-0.25, -0.2) is 0 Å². The summed E-state index contributed by atoms with van der Waals surface area (Å²) in [5, 5.41) is 0. The van der Waals surface area contributed by atoms with Crippen LogP contribution < -0.4 is 0 Å². The molecule has 0 N–H and O–H groups in total. The standard InChI is InChI=1S/C13H12O/c1-14-10-12-8-5-9-13(12)11-6-3-2-4-7-11/h2-10H,1H3. The molecule has 1 heteroatoms. The highest BCUT2D eigenvalue weighted by Gasteiger charge is 2.08. The van der Waals surface area contributed by atoms with E-state index in [0.29, 0.717) is 0 Å². The second-order valence-corrected chi connectivity index (χ2v) is 3.11. The second kappa shape index (κ2) is 3.97. The molecule has 70 valence electrons. The van der Waals surface area contributed by atoms with Crippen molar-refractivity contribution in [2.75, 3.05) is 7.11 Å². The van der Waals surface area contributed by atoms with Crippen molar-refractivity contribution in [3.63, 3.8) is 0 Å². The van der Waals surface area contributed by atoms with Crippen LogP contribution in [-0.2, 0) is 4.74 Å². The molecule has 1 aliphatic carbocycles. The van der Waals surface area contributed by atoms with Crippen LogP contribution in [-0.4, -0.2) is 7.11 Å². The van der Waals surface area contributed by atoms with Gasteiger partial charge < -0.3 is 4.74 Å². The fraction of sp³-hybridized carbons (Fsp3) is 0.0769. The van der Waals surface area contributed by atoms with Gasteiger partial charge in [0.1, 0.15) is 0 Å². The molecule has 0 heterocycles. The van der Waals surface area contributed by atoms with E-state index in [1.54, 1.807) is 13.4 Å². The Morgan fingerprint density at radius 3 is 2.64 bits per heavy atom. The molecule has 14 heavy (non-hydrogen) atoms. The number of methoxy groups -OCH3 is 1. The van der Waals surface area contributed by atoms with Crippen molar-refractivity contribution in [2.45, 2.75) is 0 Å². The van der Waals surface area contributed by atoms with E-state index in [1.807, 2.05) is 30.4 Å². The number of hydrogen-bond acceptors (Lipinski definition) is 1. The van der Waals surface area contributed by atoms with Crippen molar-refractivity contribution < 1.29 is 4.74 Å². The molecule has 0 saturated carbocycles. The molecule has 0 aliphatic heterocycles. The van der Waals surface area contributed by atoms with E-state index in [0.717, 1.165) is 5.57 Å². The van der Waals surface area contributed by atoms with E-state index >= 15 is 0 Å². The molecule has 0 amide bonds. The first-order valence-electron chi connectivity index (χ1n) is 4.59. The predicted octanol–water partition coefficient (Wildman–Crippen LogP) is 3.17. The third-order valence-corrected chi connectivity index (χ3v) is 2.18. The molecule has 1 aromatic rings. The van der Waals surface area contributed by atoms with Crippen molar-refractivity contribution in [2.24, 2.45) is 0 Å². The van der Waals surface area contributed by atoms with Crippen LogP contribution in [0.2, 0.25) is 0 Å². The molecule has 2 rings (SSSR count). The lowest BCUT2D eigenvalue weighted by Gasteiger charge is -2.04. The van der Waals surface area contributed by atoms with Gasteiger partial charge in [0.15, 0.2) is 0 Å². The Morgan fingerprint density at radius 2 is 1.93 bits per heavy atom. The highest BCUT2D eigenvalue weighted by Crippen LogP contribution is 2.28. The maximum atomic E-state index is 5.02. The van der Waals surface area contributed by atoms with E-state index in [1.165, 1.54) is 11.1 Å². The summed E-state index contributed by atoms with van der Waals surface area (Å²) in [5.41, 5.74) is 3.56. The molecular formula is C13H12O. The van der Waals surface area contributed by atoms with Crippen LogP contribution in [0.5, 0.6) is 0 Å². The first kappa shape index (κ1) is 8.82. The van der Waals surface area contributed by atoms with Crippen molar-refractivity contribution in [3.05, 3.63) is 66.0 Å². The Labute approximate surface area is 84.0 Å².